The summed E-state index contributed by atoms with van der Waals surface area (Å²) in [5, 5.41) is 77.4. The summed E-state index contributed by atoms with van der Waals surface area (Å²) < 4.78 is 16.7. The number of aliphatic hydroxyl groups is 3. The number of hydrogen-bond donors (Lipinski definition) is 17. The van der Waals surface area contributed by atoms with Crippen LogP contribution in [0.5, 0.6) is 11.5 Å². The summed E-state index contributed by atoms with van der Waals surface area (Å²) in [6.45, 7) is 0.831. The molecular weight excluding hydrogens is 1180 g/mol. The Labute approximate surface area is 506 Å². The van der Waals surface area contributed by atoms with Crippen molar-refractivity contribution in [1.82, 2.24) is 46.6 Å². The summed E-state index contributed by atoms with van der Waals surface area (Å²) in [6, 6.07) is -4.43. The number of carboxylic acid groups (broad SMARTS) is 1. The SMILES string of the molecule is C[C@H](N)C(=O)N[C@@H](CCCCN)C(=O)N1CCC[C@H]1C(=O)N[C@@H](COP(=O)(O)O)C(=O)N[C@@H](Cc1ccc(O)cc1)C(=O)N1C[C@H](O)C[C@H]1C(=O)N1C[C@H](O)C[C@H]1C(=O)N[C@H](C(=O)N[C@@H](Cc1ccc(O)cc1)C(=O)N[C@@H](CCCCN)C(=O)O)[C@@H](C)O. The molecule has 2 aromatic rings. The first-order valence-corrected chi connectivity index (χ1v) is 30.5. The Morgan fingerprint density at radius 3 is 1.61 bits per heavy atom. The largest absolute Gasteiger partial charge is 0.508 e. The van der Waals surface area contributed by atoms with Gasteiger partial charge in [0.25, 0.3) is 0 Å². The highest BCUT2D eigenvalue weighted by atomic mass is 31.2. The number of nitrogens with one attached hydrogen (secondary N) is 6. The smallest absolute Gasteiger partial charge is 0.469 e. The summed E-state index contributed by atoms with van der Waals surface area (Å²) in [7, 11) is -5.38. The first-order chi connectivity index (χ1) is 41.5. The molecule has 0 aliphatic carbocycles. The van der Waals surface area contributed by atoms with Crippen LogP contribution in [0.2, 0.25) is 0 Å². The van der Waals surface area contributed by atoms with Gasteiger partial charge in [0.15, 0.2) is 0 Å². The van der Waals surface area contributed by atoms with E-state index in [4.69, 9.17) is 17.2 Å². The third-order valence-corrected chi connectivity index (χ3v) is 15.7. The van der Waals surface area contributed by atoms with Crippen LogP contribution in [0.15, 0.2) is 48.5 Å². The second-order valence-electron chi connectivity index (χ2n) is 22.2. The lowest BCUT2D eigenvalue weighted by atomic mass is 10.0. The van der Waals surface area contributed by atoms with Crippen LogP contribution in [0.25, 0.3) is 0 Å². The van der Waals surface area contributed by atoms with E-state index >= 15 is 0 Å². The van der Waals surface area contributed by atoms with Crippen LogP contribution >= 0.6 is 7.82 Å². The number of phenolic OH excluding ortho intramolecular Hbond substituents is 2. The molecule has 32 nitrogen and oxygen atoms in total. The fourth-order valence-electron chi connectivity index (χ4n) is 10.5. The average Bonchev–Trinajstić information content (AvgIpc) is 4.19. The molecule has 3 fully saturated rings. The number of carboxylic acids is 1. The molecule has 13 atom stereocenters. The van der Waals surface area contributed by atoms with Gasteiger partial charge in [-0.05, 0) is 114 Å². The van der Waals surface area contributed by atoms with E-state index in [0.717, 1.165) is 16.7 Å². The lowest BCUT2D eigenvalue weighted by Crippen LogP contribution is -2.61. The van der Waals surface area contributed by atoms with E-state index in [-0.39, 0.29) is 68.8 Å². The highest BCUT2D eigenvalue weighted by molar-refractivity contribution is 7.46. The molecule has 33 heteroatoms. The van der Waals surface area contributed by atoms with E-state index in [0.29, 0.717) is 31.2 Å². The van der Waals surface area contributed by atoms with E-state index in [1.54, 1.807) is 0 Å². The minimum absolute atomic E-state index is 0.0119. The molecule has 0 spiro atoms. The van der Waals surface area contributed by atoms with Crippen LogP contribution in [0.3, 0.4) is 0 Å². The maximum absolute atomic E-state index is 15.0. The maximum atomic E-state index is 15.0. The van der Waals surface area contributed by atoms with Gasteiger partial charge in [-0.2, -0.15) is 0 Å². The van der Waals surface area contributed by atoms with Gasteiger partial charge in [0.05, 0.1) is 31.0 Å². The minimum Gasteiger partial charge on any atom is -0.508 e. The molecule has 3 aliphatic heterocycles. The number of hydrogen-bond acceptors (Lipinski definition) is 20. The molecule has 3 aliphatic rings. The summed E-state index contributed by atoms with van der Waals surface area (Å²) in [4.78, 5) is 162. The molecule has 0 radical (unpaired) electrons. The molecule has 0 aromatic heterocycles. The summed E-state index contributed by atoms with van der Waals surface area (Å²) in [5.41, 5.74) is 17.6. The fourth-order valence-corrected chi connectivity index (χ4v) is 10.9. The van der Waals surface area contributed by atoms with E-state index in [9.17, 15) is 92.9 Å². The number of β-amino-alcohol motifs (C(OH)–C–C–N with tert-alkyl or cyclic N) is 2. The van der Waals surface area contributed by atoms with Gasteiger partial charge < -0.3 is 104 Å². The molecular formula is C55H83N12O20P. The van der Waals surface area contributed by atoms with Gasteiger partial charge in [-0.25, -0.2) is 9.36 Å². The van der Waals surface area contributed by atoms with Gasteiger partial charge in [0.1, 0.15) is 65.9 Å². The number of unbranched alkanes of at least 4 members (excludes halogenated alkanes) is 2. The average molecular weight is 1260 g/mol. The molecule has 2 aromatic carbocycles. The zero-order chi connectivity index (χ0) is 65.2. The Morgan fingerprint density at radius 1 is 0.602 bits per heavy atom. The normalized spacial score (nSPS) is 21.2. The topological polar surface area (TPSA) is 519 Å². The molecule has 3 heterocycles. The number of phosphoric ester groups is 1. The number of aliphatic hydroxyl groups excluding tert-OH is 3. The highest BCUT2D eigenvalue weighted by Crippen LogP contribution is 2.36. The van der Waals surface area contributed by atoms with Crippen LogP contribution < -0.4 is 49.1 Å². The van der Waals surface area contributed by atoms with Gasteiger partial charge in [-0.15, -0.1) is 0 Å². The van der Waals surface area contributed by atoms with E-state index in [2.05, 4.69) is 36.4 Å². The second kappa shape index (κ2) is 33.3. The number of benzene rings is 2. The second-order valence-corrected chi connectivity index (χ2v) is 23.5. The van der Waals surface area contributed by atoms with Crippen molar-refractivity contribution in [3.63, 3.8) is 0 Å². The molecule has 0 unspecified atom stereocenters. The van der Waals surface area contributed by atoms with Crippen LogP contribution in [0.4, 0.5) is 0 Å². The third-order valence-electron chi connectivity index (χ3n) is 15.2. The van der Waals surface area contributed by atoms with Crippen molar-refractivity contribution in [1.29, 1.82) is 0 Å². The number of amides is 9. The van der Waals surface area contributed by atoms with Gasteiger partial charge in [0.2, 0.25) is 53.2 Å². The molecule has 0 bridgehead atoms. The van der Waals surface area contributed by atoms with E-state index in [1.165, 1.54) is 60.4 Å². The quantitative estimate of drug-likeness (QED) is 0.0241. The molecule has 0 saturated carbocycles. The van der Waals surface area contributed by atoms with Crippen molar-refractivity contribution in [2.45, 2.75) is 170 Å². The van der Waals surface area contributed by atoms with Crippen molar-refractivity contribution >= 4 is 67.0 Å². The number of phosphoric acid groups is 1. The predicted molar refractivity (Wildman–Crippen MR) is 309 cm³/mol. The van der Waals surface area contributed by atoms with Crippen molar-refractivity contribution in [2.24, 2.45) is 17.2 Å². The Bertz CT molecular complexity index is 2810. The Kier molecular flexibility index (Phi) is 27.0. The van der Waals surface area contributed by atoms with Crippen LogP contribution in [0.1, 0.15) is 89.2 Å². The number of carbonyl (C=O) groups excluding carboxylic acids is 9. The van der Waals surface area contributed by atoms with Crippen LogP contribution in [0, 0.1) is 0 Å². The van der Waals surface area contributed by atoms with Crippen LogP contribution in [-0.2, 0) is 69.9 Å². The Morgan fingerprint density at radius 2 is 1.08 bits per heavy atom. The lowest BCUT2D eigenvalue weighted by Gasteiger charge is -2.34. The van der Waals surface area contributed by atoms with Gasteiger partial charge >= 0.3 is 13.8 Å². The van der Waals surface area contributed by atoms with Crippen molar-refractivity contribution < 1.29 is 97.5 Å². The molecule has 5 rings (SSSR count). The Hall–Kier alpha value is -7.39. The van der Waals surface area contributed by atoms with Crippen molar-refractivity contribution in [3.05, 3.63) is 59.7 Å². The number of nitrogens with zero attached hydrogens (tertiary/aromatic N) is 3. The zero-order valence-electron chi connectivity index (χ0n) is 48.8. The minimum atomic E-state index is -5.38. The van der Waals surface area contributed by atoms with Crippen molar-refractivity contribution in [2.75, 3.05) is 39.3 Å². The van der Waals surface area contributed by atoms with Crippen molar-refractivity contribution in [3.8, 4) is 11.5 Å². The number of rotatable bonds is 32. The van der Waals surface area contributed by atoms with E-state index < -0.39 is 185 Å². The number of carbonyl (C=O) groups is 10. The standard InChI is InChI=1S/C55H83N12O20P/c1-29(58)46(73)59-37(8-3-5-19-56)52(79)65-21-7-10-42(65)49(76)63-41(28-87-88(84,85)86)48(75)62-40(23-32-13-17-34(70)18-14-32)53(80)67-27-36(72)25-44(67)54(81)66-26-35(71)24-43(66)50(77)64-45(30(2)68)51(78)61-39(22-31-11-15-33(69)16-12-31)47(74)60-38(55(82)83)9-4-6-20-57/h11-18,29-30,35-45,68-72H,3-10,19-28,56-58H2,1-2H3,(H,59,73)(H,60,74)(H,61,78)(H,62,75)(H,63,76)(H,64,77)(H,82,83)(H2,84,85,86)/t29-,30+,35+,36+,37-,38-,39-,40-,41-,42-,43-,44-,45-/m0/s1. The third kappa shape index (κ3) is 20.9. The lowest BCUT2D eigenvalue weighted by molar-refractivity contribution is -0.148. The van der Waals surface area contributed by atoms with Gasteiger partial charge in [-0.1, -0.05) is 24.3 Å². The Balaban J connectivity index is 1.39. The molecule has 88 heavy (non-hydrogen) atoms. The zero-order valence-corrected chi connectivity index (χ0v) is 49.7. The number of aliphatic carboxylic acids is 1. The van der Waals surface area contributed by atoms with Gasteiger partial charge in [0, 0.05) is 45.3 Å². The molecule has 3 saturated heterocycles. The molecule has 20 N–H and O–H groups in total. The van der Waals surface area contributed by atoms with E-state index in [1.807, 2.05) is 0 Å². The number of nitrogens with two attached hydrogens (primary N) is 3. The molecule has 9 amide bonds. The summed E-state index contributed by atoms with van der Waals surface area (Å²) >= 11 is 0. The monoisotopic (exact) mass is 1260 g/mol. The number of aromatic hydroxyl groups is 2. The molecule has 488 valence electrons. The van der Waals surface area contributed by atoms with Gasteiger partial charge in [-0.3, -0.25) is 47.7 Å². The summed E-state index contributed by atoms with van der Waals surface area (Å²) in [6.07, 6.45) is -3.97. The van der Waals surface area contributed by atoms with Crippen LogP contribution in [-0.4, -0.2) is 232 Å². The predicted octanol–water partition coefficient (Wildman–Crippen LogP) is -5.11. The first-order valence-electron chi connectivity index (χ1n) is 28.9. The number of phenols is 2. The first kappa shape index (κ1) is 71.4. The number of likely N-dealkylation sites (tertiary alicyclic amines) is 3. The highest BCUT2D eigenvalue weighted by Gasteiger charge is 2.49. The maximum Gasteiger partial charge on any atom is 0.469 e. The fraction of sp³-hybridized carbons (Fsp3) is 0.600. The summed E-state index contributed by atoms with van der Waals surface area (Å²) in [5.74, 6) is -10.5.